The molecule has 2 aromatic heterocycles. The van der Waals surface area contributed by atoms with Crippen LogP contribution < -0.4 is 5.32 Å². The number of benzene rings is 1. The third kappa shape index (κ3) is 5.36. The molecule has 0 bridgehead atoms. The molecule has 0 saturated heterocycles. The number of hydrogen-bond donors (Lipinski definition) is 2. The van der Waals surface area contributed by atoms with Crippen molar-refractivity contribution in [2.24, 2.45) is 0 Å². The Morgan fingerprint density at radius 1 is 1.21 bits per heavy atom. The average Bonchev–Trinajstić information content (AvgIpc) is 3.06. The van der Waals surface area contributed by atoms with Crippen LogP contribution in [0.15, 0.2) is 35.1 Å². The lowest BCUT2D eigenvalue weighted by atomic mass is 10.1. The highest BCUT2D eigenvalue weighted by Gasteiger charge is 2.14. The molecule has 2 N–H and O–H groups in total. The minimum atomic E-state index is -0.870. The summed E-state index contributed by atoms with van der Waals surface area (Å²) in [6, 6.07) is 6.15. The number of carbonyl (C=O) groups is 1. The Hall–Kier alpha value is -2.39. The zero-order chi connectivity index (χ0) is 21.0. The van der Waals surface area contributed by atoms with Crippen LogP contribution in [0.1, 0.15) is 22.9 Å². The number of thiophene rings is 1. The molecule has 29 heavy (non-hydrogen) atoms. The van der Waals surface area contributed by atoms with Gasteiger partial charge < -0.3 is 10.4 Å². The van der Waals surface area contributed by atoms with Crippen LogP contribution in [-0.4, -0.2) is 27.6 Å². The van der Waals surface area contributed by atoms with Gasteiger partial charge in [-0.15, -0.1) is 11.3 Å². The van der Waals surface area contributed by atoms with Gasteiger partial charge in [-0.25, -0.2) is 18.7 Å². The van der Waals surface area contributed by atoms with Crippen LogP contribution in [0, 0.1) is 11.6 Å². The number of nitrogens with zero attached hydrogens (tertiary/aromatic N) is 2. The van der Waals surface area contributed by atoms with Gasteiger partial charge in [0, 0.05) is 27.5 Å². The number of nitrogens with one attached hydrogen (secondary N) is 1. The van der Waals surface area contributed by atoms with Crippen molar-refractivity contribution in [3.63, 3.8) is 0 Å². The second-order valence-electron chi connectivity index (χ2n) is 6.30. The maximum Gasteiger partial charge on any atom is 0.308 e. The predicted octanol–water partition coefficient (Wildman–Crippen LogP) is 5.09. The summed E-state index contributed by atoms with van der Waals surface area (Å²) in [6.45, 7) is 2.27. The minimum Gasteiger partial charge on any atom is -0.481 e. The van der Waals surface area contributed by atoms with E-state index in [2.05, 4.69) is 31.2 Å². The molecule has 0 unspecified atom stereocenters. The van der Waals surface area contributed by atoms with Crippen LogP contribution in [0.5, 0.6) is 0 Å². The van der Waals surface area contributed by atoms with Crippen LogP contribution >= 0.6 is 27.3 Å². The lowest BCUT2D eigenvalue weighted by molar-refractivity contribution is -0.136. The van der Waals surface area contributed by atoms with Crippen LogP contribution in [0.3, 0.4) is 0 Å². The van der Waals surface area contributed by atoms with Crippen molar-refractivity contribution in [2.75, 3.05) is 11.9 Å². The summed E-state index contributed by atoms with van der Waals surface area (Å²) in [5.41, 5.74) is 1.67. The number of hydrogen-bond acceptors (Lipinski definition) is 5. The van der Waals surface area contributed by atoms with Gasteiger partial charge in [-0.3, -0.25) is 4.79 Å². The zero-order valence-corrected chi connectivity index (χ0v) is 17.9. The van der Waals surface area contributed by atoms with Crippen LogP contribution in [0.2, 0.25) is 0 Å². The number of carboxylic acids is 1. The first-order valence-corrected chi connectivity index (χ1v) is 10.5. The molecule has 0 saturated carbocycles. The molecule has 0 aliphatic heterocycles. The van der Waals surface area contributed by atoms with Gasteiger partial charge in [0.15, 0.2) is 0 Å². The predicted molar refractivity (Wildman–Crippen MR) is 112 cm³/mol. The van der Waals surface area contributed by atoms with Crippen molar-refractivity contribution in [3.05, 3.63) is 62.7 Å². The number of aliphatic carboxylic acids is 1. The first-order chi connectivity index (χ1) is 13.9. The van der Waals surface area contributed by atoms with Gasteiger partial charge >= 0.3 is 5.97 Å². The van der Waals surface area contributed by atoms with E-state index in [4.69, 9.17) is 5.11 Å². The summed E-state index contributed by atoms with van der Waals surface area (Å²) in [5, 5.41) is 12.1. The molecule has 3 aromatic rings. The van der Waals surface area contributed by atoms with E-state index in [0.717, 1.165) is 21.7 Å². The van der Waals surface area contributed by atoms with Crippen LogP contribution in [0.4, 0.5) is 14.6 Å². The number of halogens is 3. The second-order valence-corrected chi connectivity index (χ2v) is 8.35. The van der Waals surface area contributed by atoms with E-state index < -0.39 is 17.6 Å². The van der Waals surface area contributed by atoms with E-state index >= 15 is 0 Å². The summed E-state index contributed by atoms with van der Waals surface area (Å²) in [5.74, 6) is -1.54. The molecular weight excluding hydrogens is 464 g/mol. The first-order valence-electron chi connectivity index (χ1n) is 8.90. The smallest absolute Gasteiger partial charge is 0.308 e. The fourth-order valence-corrected chi connectivity index (χ4v) is 4.51. The molecule has 0 aliphatic carbocycles. The summed E-state index contributed by atoms with van der Waals surface area (Å²) in [7, 11) is 0. The van der Waals surface area contributed by atoms with Gasteiger partial charge in [0.25, 0.3) is 0 Å². The third-order valence-electron chi connectivity index (χ3n) is 4.30. The number of rotatable bonds is 8. The van der Waals surface area contributed by atoms with Crippen molar-refractivity contribution in [1.29, 1.82) is 0 Å². The highest BCUT2D eigenvalue weighted by atomic mass is 79.9. The summed E-state index contributed by atoms with van der Waals surface area (Å²) < 4.78 is 28.2. The maximum atomic E-state index is 13.9. The van der Waals surface area contributed by atoms with Gasteiger partial charge in [-0.1, -0.05) is 22.9 Å². The topological polar surface area (TPSA) is 75.1 Å². The Kier molecular flexibility index (Phi) is 6.92. The number of aryl methyl sites for hydroxylation is 1. The largest absolute Gasteiger partial charge is 0.481 e. The normalized spacial score (nSPS) is 10.9. The van der Waals surface area contributed by atoms with Gasteiger partial charge in [-0.05, 0) is 36.6 Å². The lowest BCUT2D eigenvalue weighted by Crippen LogP contribution is -2.09. The molecule has 152 valence electrons. The SMILES string of the molecule is CCc1cc(-c2cc(NCCc3c(F)cc(Br)cc3F)ncn2)sc1CC(=O)O. The summed E-state index contributed by atoms with van der Waals surface area (Å²) in [4.78, 5) is 21.1. The average molecular weight is 482 g/mol. The molecule has 2 heterocycles. The highest BCUT2D eigenvalue weighted by Crippen LogP contribution is 2.32. The Morgan fingerprint density at radius 2 is 1.93 bits per heavy atom. The van der Waals surface area contributed by atoms with E-state index in [1.165, 1.54) is 29.8 Å². The fourth-order valence-electron chi connectivity index (χ4n) is 2.89. The molecule has 0 radical (unpaired) electrons. The Morgan fingerprint density at radius 3 is 2.59 bits per heavy atom. The van der Waals surface area contributed by atoms with Crippen LogP contribution in [-0.2, 0) is 24.1 Å². The van der Waals surface area contributed by atoms with Crippen molar-refractivity contribution in [1.82, 2.24) is 9.97 Å². The van der Waals surface area contributed by atoms with Gasteiger partial charge in [0.2, 0.25) is 0 Å². The molecule has 0 fully saturated rings. The molecule has 0 amide bonds. The summed E-state index contributed by atoms with van der Waals surface area (Å²) in [6.07, 6.45) is 2.28. The van der Waals surface area contributed by atoms with E-state index in [-0.39, 0.29) is 18.4 Å². The first kappa shape index (κ1) is 21.3. The van der Waals surface area contributed by atoms with E-state index in [1.807, 2.05) is 13.0 Å². The highest BCUT2D eigenvalue weighted by molar-refractivity contribution is 9.10. The maximum absolute atomic E-state index is 13.9. The molecule has 5 nitrogen and oxygen atoms in total. The van der Waals surface area contributed by atoms with Gasteiger partial charge in [0.1, 0.15) is 23.8 Å². The second kappa shape index (κ2) is 9.41. The minimum absolute atomic E-state index is 0.0131. The van der Waals surface area contributed by atoms with Crippen molar-refractivity contribution in [3.8, 4) is 10.6 Å². The van der Waals surface area contributed by atoms with Gasteiger partial charge in [0.05, 0.1) is 17.0 Å². The molecule has 0 atom stereocenters. The Bertz CT molecular complexity index is 1020. The molecule has 1 aromatic carbocycles. The zero-order valence-electron chi connectivity index (χ0n) is 15.5. The molecular formula is C20H18BrF2N3O2S. The Balaban J connectivity index is 1.72. The van der Waals surface area contributed by atoms with Crippen molar-refractivity contribution < 1.29 is 18.7 Å². The molecule has 3 rings (SSSR count). The Labute approximate surface area is 179 Å². The summed E-state index contributed by atoms with van der Waals surface area (Å²) >= 11 is 4.46. The van der Waals surface area contributed by atoms with Crippen molar-refractivity contribution >= 4 is 39.1 Å². The van der Waals surface area contributed by atoms with E-state index in [9.17, 15) is 13.6 Å². The number of anilines is 1. The third-order valence-corrected chi connectivity index (χ3v) is 5.95. The fraction of sp³-hybridized carbons (Fsp3) is 0.250. The lowest BCUT2D eigenvalue weighted by Gasteiger charge is -2.08. The van der Waals surface area contributed by atoms with Gasteiger partial charge in [-0.2, -0.15) is 0 Å². The number of aromatic nitrogens is 2. The van der Waals surface area contributed by atoms with E-state index in [0.29, 0.717) is 22.5 Å². The monoisotopic (exact) mass is 481 g/mol. The molecule has 0 aliphatic rings. The van der Waals surface area contributed by atoms with Crippen molar-refractivity contribution in [2.45, 2.75) is 26.2 Å². The van der Waals surface area contributed by atoms with Crippen LogP contribution in [0.25, 0.3) is 10.6 Å². The van der Waals surface area contributed by atoms with E-state index in [1.54, 1.807) is 6.07 Å². The standard InChI is InChI=1S/C20H18BrF2N3O2S/c1-2-11-5-18(29-17(11)9-20(27)28)16-8-19(26-10-25-16)24-4-3-13-14(22)6-12(21)7-15(13)23/h5-8,10H,2-4,9H2,1H3,(H,27,28)(H,24,25,26). The molecule has 0 spiro atoms. The quantitative estimate of drug-likeness (QED) is 0.468. The molecule has 9 heteroatoms. The number of carboxylic acid groups (broad SMARTS) is 1.